The van der Waals surface area contributed by atoms with Gasteiger partial charge in [0.1, 0.15) is 5.82 Å². The molecule has 0 fully saturated rings. The molecule has 4 heterocycles. The molecular formula is C38H27BrClFN2O4S2. The van der Waals surface area contributed by atoms with Crippen LogP contribution in [0.15, 0.2) is 103 Å². The number of benzene rings is 3. The molecule has 0 spiro atoms. The molecule has 3 aromatic carbocycles. The standard InChI is InChI=1S/C22H15ClFNO2S.C16H12BrNO2S/c1-27-22(26)15-5-6-25-20(11-15)19-4-2-3-14-10-18(28-21(14)19)9-13-7-16(23)12-17(24)8-13;1-20-16(19)11-5-6-18-14(8-11)13-4-2-3-10-7-12(9-17)21-15(10)13/h2-8,10-12H,9H2,1H3;2-8H,9H2,1H3. The molecule has 4 aromatic heterocycles. The number of pyridine rings is 2. The second-order valence-electron chi connectivity index (χ2n) is 10.8. The number of aromatic nitrogens is 2. The molecule has 0 aliphatic carbocycles. The number of methoxy groups -OCH3 is 2. The third-order valence-corrected chi connectivity index (χ3v) is 11.1. The van der Waals surface area contributed by atoms with E-state index in [1.807, 2.05) is 30.3 Å². The predicted molar refractivity (Wildman–Crippen MR) is 200 cm³/mol. The Balaban J connectivity index is 0.000000177. The number of hydrogen-bond donors (Lipinski definition) is 0. The highest BCUT2D eigenvalue weighted by Gasteiger charge is 2.14. The van der Waals surface area contributed by atoms with Crippen LogP contribution in [0.1, 0.15) is 36.0 Å². The van der Waals surface area contributed by atoms with Gasteiger partial charge in [0.25, 0.3) is 0 Å². The van der Waals surface area contributed by atoms with Crippen LogP contribution in [0.5, 0.6) is 0 Å². The fourth-order valence-corrected chi connectivity index (χ4v) is 8.34. The van der Waals surface area contributed by atoms with Crippen LogP contribution in [-0.4, -0.2) is 36.1 Å². The smallest absolute Gasteiger partial charge is 0.337 e. The van der Waals surface area contributed by atoms with Crippen molar-refractivity contribution in [2.75, 3.05) is 14.2 Å². The van der Waals surface area contributed by atoms with E-state index in [0.29, 0.717) is 28.3 Å². The maximum Gasteiger partial charge on any atom is 0.337 e. The molecule has 6 nitrogen and oxygen atoms in total. The predicted octanol–water partition coefficient (Wildman–Crippen LogP) is 10.8. The molecule has 0 unspecified atom stereocenters. The molecule has 11 heteroatoms. The van der Waals surface area contributed by atoms with Crippen molar-refractivity contribution in [3.05, 3.63) is 141 Å². The number of thiophene rings is 2. The summed E-state index contributed by atoms with van der Waals surface area (Å²) < 4.78 is 25.4. The lowest BCUT2D eigenvalue weighted by Crippen LogP contribution is -2.01. The van der Waals surface area contributed by atoms with E-state index >= 15 is 0 Å². The van der Waals surface area contributed by atoms with E-state index in [-0.39, 0.29) is 11.8 Å². The number of rotatable bonds is 7. The van der Waals surface area contributed by atoms with Gasteiger partial charge in [-0.3, -0.25) is 9.97 Å². The number of carbonyl (C=O) groups is 2. The monoisotopic (exact) mass is 772 g/mol. The van der Waals surface area contributed by atoms with Crippen LogP contribution < -0.4 is 0 Å². The van der Waals surface area contributed by atoms with E-state index in [1.165, 1.54) is 41.3 Å². The summed E-state index contributed by atoms with van der Waals surface area (Å²) in [5.74, 6) is -1.09. The molecule has 246 valence electrons. The van der Waals surface area contributed by atoms with Gasteiger partial charge < -0.3 is 9.47 Å². The summed E-state index contributed by atoms with van der Waals surface area (Å²) in [5.41, 5.74) is 5.26. The van der Waals surface area contributed by atoms with E-state index in [4.69, 9.17) is 21.1 Å². The molecule has 49 heavy (non-hydrogen) atoms. The zero-order valence-corrected chi connectivity index (χ0v) is 30.2. The molecule has 7 aromatic rings. The summed E-state index contributed by atoms with van der Waals surface area (Å²) >= 11 is 12.8. The molecule has 0 amide bonds. The first-order valence-electron chi connectivity index (χ1n) is 14.9. The summed E-state index contributed by atoms with van der Waals surface area (Å²) in [6.07, 6.45) is 3.83. The van der Waals surface area contributed by atoms with Crippen LogP contribution in [0.4, 0.5) is 4.39 Å². The Hall–Kier alpha value is -4.48. The highest BCUT2D eigenvalue weighted by Crippen LogP contribution is 2.37. The van der Waals surface area contributed by atoms with E-state index in [1.54, 1.807) is 65.4 Å². The van der Waals surface area contributed by atoms with Gasteiger partial charge in [-0.2, -0.15) is 0 Å². The highest BCUT2D eigenvalue weighted by atomic mass is 79.9. The van der Waals surface area contributed by atoms with E-state index < -0.39 is 5.97 Å². The fourth-order valence-electron chi connectivity index (χ4n) is 5.35. The zero-order valence-electron chi connectivity index (χ0n) is 26.2. The first-order chi connectivity index (χ1) is 23.8. The zero-order chi connectivity index (χ0) is 34.5. The van der Waals surface area contributed by atoms with Crippen molar-refractivity contribution >= 4 is 82.3 Å². The largest absolute Gasteiger partial charge is 0.465 e. The van der Waals surface area contributed by atoms with Crippen molar-refractivity contribution in [2.24, 2.45) is 0 Å². The van der Waals surface area contributed by atoms with Crippen LogP contribution in [0.3, 0.4) is 0 Å². The Morgan fingerprint density at radius 3 is 1.78 bits per heavy atom. The molecule has 0 saturated heterocycles. The van der Waals surface area contributed by atoms with Gasteiger partial charge in [0.15, 0.2) is 0 Å². The summed E-state index contributed by atoms with van der Waals surface area (Å²) in [6.45, 7) is 0. The number of fused-ring (bicyclic) bond motifs is 2. The minimum Gasteiger partial charge on any atom is -0.465 e. The topological polar surface area (TPSA) is 78.4 Å². The Morgan fingerprint density at radius 2 is 1.27 bits per heavy atom. The van der Waals surface area contributed by atoms with Crippen LogP contribution in [-0.2, 0) is 21.2 Å². The molecule has 7 rings (SSSR count). The minimum atomic E-state index is -0.398. The summed E-state index contributed by atoms with van der Waals surface area (Å²) in [4.78, 5) is 34.7. The third-order valence-electron chi connectivity index (χ3n) is 7.54. The van der Waals surface area contributed by atoms with Crippen molar-refractivity contribution in [1.82, 2.24) is 9.97 Å². The van der Waals surface area contributed by atoms with Crippen LogP contribution >= 0.6 is 50.2 Å². The van der Waals surface area contributed by atoms with Crippen molar-refractivity contribution in [3.8, 4) is 22.5 Å². The summed E-state index contributed by atoms with van der Waals surface area (Å²) in [7, 11) is 2.73. The van der Waals surface area contributed by atoms with Gasteiger partial charge >= 0.3 is 11.9 Å². The molecule has 0 N–H and O–H groups in total. The summed E-state index contributed by atoms with van der Waals surface area (Å²) in [5, 5.41) is 3.49. The molecule has 0 saturated carbocycles. The lowest BCUT2D eigenvalue weighted by molar-refractivity contribution is 0.0592. The Kier molecular flexibility index (Phi) is 10.8. The lowest BCUT2D eigenvalue weighted by atomic mass is 10.1. The van der Waals surface area contributed by atoms with Gasteiger partial charge in [0, 0.05) is 59.4 Å². The fraction of sp³-hybridized carbons (Fsp3) is 0.105. The van der Waals surface area contributed by atoms with Crippen molar-refractivity contribution in [2.45, 2.75) is 11.8 Å². The van der Waals surface area contributed by atoms with E-state index in [9.17, 15) is 14.0 Å². The summed E-state index contributed by atoms with van der Waals surface area (Å²) in [6, 6.07) is 27.7. The second-order valence-corrected chi connectivity index (χ2v) is 14.1. The van der Waals surface area contributed by atoms with Gasteiger partial charge in [-0.25, -0.2) is 14.0 Å². The Bertz CT molecular complexity index is 2300. The van der Waals surface area contributed by atoms with E-state index in [0.717, 1.165) is 42.7 Å². The first-order valence-corrected chi connectivity index (χ1v) is 18.0. The molecule has 0 radical (unpaired) electrons. The molecule has 0 atom stereocenters. The second kappa shape index (κ2) is 15.4. The number of alkyl halides is 1. The number of ether oxygens (including phenoxy) is 2. The Morgan fingerprint density at radius 1 is 0.735 bits per heavy atom. The third kappa shape index (κ3) is 7.89. The quantitative estimate of drug-likeness (QED) is 0.119. The van der Waals surface area contributed by atoms with Crippen LogP contribution in [0, 0.1) is 5.82 Å². The number of esters is 2. The maximum absolute atomic E-state index is 13.6. The highest BCUT2D eigenvalue weighted by molar-refractivity contribution is 9.08. The average molecular weight is 774 g/mol. The number of carbonyl (C=O) groups excluding carboxylic acids is 2. The molecule has 0 aliphatic heterocycles. The lowest BCUT2D eigenvalue weighted by Gasteiger charge is -2.05. The SMILES string of the molecule is COC(=O)c1ccnc(-c2cccc3cc(CBr)sc23)c1.COC(=O)c1ccnc(-c2cccc3cc(Cc4cc(F)cc(Cl)c4)sc23)c1. The molecular weight excluding hydrogens is 747 g/mol. The maximum atomic E-state index is 13.6. The first kappa shape index (κ1) is 34.4. The van der Waals surface area contributed by atoms with Crippen molar-refractivity contribution in [1.29, 1.82) is 0 Å². The van der Waals surface area contributed by atoms with Crippen LogP contribution in [0.2, 0.25) is 5.02 Å². The average Bonchev–Trinajstić information content (AvgIpc) is 3.74. The number of hydrogen-bond acceptors (Lipinski definition) is 8. The van der Waals surface area contributed by atoms with Crippen molar-refractivity contribution in [3.63, 3.8) is 0 Å². The van der Waals surface area contributed by atoms with Gasteiger partial charge in [-0.15, -0.1) is 22.7 Å². The molecule has 0 aliphatic rings. The van der Waals surface area contributed by atoms with Crippen molar-refractivity contribution < 1.29 is 23.5 Å². The van der Waals surface area contributed by atoms with Gasteiger partial charge in [0.2, 0.25) is 0 Å². The van der Waals surface area contributed by atoms with Gasteiger partial charge in [0.05, 0.1) is 36.7 Å². The van der Waals surface area contributed by atoms with Gasteiger partial charge in [-0.05, 0) is 70.9 Å². The van der Waals surface area contributed by atoms with E-state index in [2.05, 4.69) is 44.1 Å². The molecule has 0 bridgehead atoms. The normalized spacial score (nSPS) is 10.9. The number of nitrogens with zero attached hydrogens (tertiary/aromatic N) is 2. The van der Waals surface area contributed by atoms with Crippen LogP contribution in [0.25, 0.3) is 42.7 Å². The van der Waals surface area contributed by atoms with Gasteiger partial charge in [-0.1, -0.05) is 63.9 Å². The number of halogens is 3. The minimum absolute atomic E-state index is 0.340. The Labute approximate surface area is 303 Å².